The van der Waals surface area contributed by atoms with Crippen LogP contribution in [-0.2, 0) is 0 Å². The molecule has 0 amide bonds. The summed E-state index contributed by atoms with van der Waals surface area (Å²) in [6.45, 7) is 0. The largest absolute Gasteiger partial charge is 0.508 e. The van der Waals surface area contributed by atoms with Crippen LogP contribution in [0.5, 0.6) is 5.75 Å². The van der Waals surface area contributed by atoms with Crippen molar-refractivity contribution in [2.24, 2.45) is 0 Å². The predicted molar refractivity (Wildman–Crippen MR) is 119 cm³/mol. The van der Waals surface area contributed by atoms with Gasteiger partial charge < -0.3 is 5.11 Å². The summed E-state index contributed by atoms with van der Waals surface area (Å²) < 4.78 is 0.850. The highest BCUT2D eigenvalue weighted by atomic mass is 32.1. The molecule has 5 rings (SSSR count). The molecule has 0 spiro atoms. The van der Waals surface area contributed by atoms with Crippen LogP contribution in [0.3, 0.4) is 0 Å². The predicted octanol–water partition coefficient (Wildman–Crippen LogP) is 5.19. The van der Waals surface area contributed by atoms with E-state index in [1.54, 1.807) is 24.3 Å². The van der Waals surface area contributed by atoms with E-state index < -0.39 is 0 Å². The first kappa shape index (κ1) is 18.1. The van der Waals surface area contributed by atoms with Crippen LogP contribution in [0.25, 0.3) is 32.5 Å². The van der Waals surface area contributed by atoms with Crippen LogP contribution in [0.2, 0.25) is 0 Å². The van der Waals surface area contributed by atoms with Gasteiger partial charge >= 0.3 is 0 Å². The third-order valence-electron chi connectivity index (χ3n) is 5.00. The fourth-order valence-corrected chi connectivity index (χ4v) is 4.78. The van der Waals surface area contributed by atoms with Gasteiger partial charge in [0.2, 0.25) is 5.78 Å². The van der Waals surface area contributed by atoms with Gasteiger partial charge in [-0.1, -0.05) is 54.6 Å². The first-order chi connectivity index (χ1) is 14.6. The highest BCUT2D eigenvalue weighted by Crippen LogP contribution is 2.41. The lowest BCUT2D eigenvalue weighted by Gasteiger charge is -2.07. The number of rotatable bonds is 4. The van der Waals surface area contributed by atoms with E-state index in [4.69, 9.17) is 0 Å². The van der Waals surface area contributed by atoms with Gasteiger partial charge in [-0.2, -0.15) is 0 Å². The number of nitrogens with one attached hydrogen (secondary N) is 2. The van der Waals surface area contributed by atoms with E-state index in [0.717, 1.165) is 26.8 Å². The number of phenols is 1. The van der Waals surface area contributed by atoms with Gasteiger partial charge in [0.1, 0.15) is 5.75 Å². The Hall–Kier alpha value is -3.90. The van der Waals surface area contributed by atoms with Gasteiger partial charge in [-0.25, -0.2) is 0 Å². The summed E-state index contributed by atoms with van der Waals surface area (Å²) in [6.07, 6.45) is 0. The molecule has 5 aromatic rings. The van der Waals surface area contributed by atoms with Crippen LogP contribution in [0.4, 0.5) is 0 Å². The normalized spacial score (nSPS) is 11.1. The number of aromatic amines is 2. The Balaban J connectivity index is 1.67. The fraction of sp³-hybridized carbons (Fsp3) is 0. The van der Waals surface area contributed by atoms with Crippen molar-refractivity contribution in [3.8, 4) is 28.1 Å². The topological polar surface area (TPSA) is 85.9 Å². The quantitative estimate of drug-likeness (QED) is 0.355. The second kappa shape index (κ2) is 7.17. The maximum absolute atomic E-state index is 13.3. The SMILES string of the molecule is O=C(c1ccccc1)c1sc2cc(O)ccc2c1-c1ccc(-c2cc(=O)[nH][nH]2)cc1. The number of aromatic nitrogens is 2. The van der Waals surface area contributed by atoms with Crippen molar-refractivity contribution >= 4 is 27.2 Å². The van der Waals surface area contributed by atoms with Crippen molar-refractivity contribution in [1.29, 1.82) is 0 Å². The number of carbonyl (C=O) groups excluding carboxylic acids is 1. The molecule has 0 aliphatic rings. The van der Waals surface area contributed by atoms with Crippen molar-refractivity contribution in [3.05, 3.63) is 99.7 Å². The molecule has 0 atom stereocenters. The molecule has 2 aromatic heterocycles. The summed E-state index contributed by atoms with van der Waals surface area (Å²) >= 11 is 1.38. The van der Waals surface area contributed by atoms with Crippen molar-refractivity contribution in [2.45, 2.75) is 0 Å². The van der Waals surface area contributed by atoms with Gasteiger partial charge in [0.05, 0.1) is 10.6 Å². The Bertz CT molecular complexity index is 1430. The average molecular weight is 412 g/mol. The number of benzene rings is 3. The molecule has 30 heavy (non-hydrogen) atoms. The Morgan fingerprint density at radius 1 is 0.833 bits per heavy atom. The minimum absolute atomic E-state index is 0.0506. The summed E-state index contributed by atoms with van der Waals surface area (Å²) in [6, 6.07) is 23.6. The molecular formula is C24H16N2O3S. The number of ketones is 1. The van der Waals surface area contributed by atoms with Gasteiger partial charge in [-0.15, -0.1) is 11.3 Å². The Morgan fingerprint density at radius 3 is 2.27 bits per heavy atom. The lowest BCUT2D eigenvalue weighted by atomic mass is 9.97. The molecule has 146 valence electrons. The molecule has 2 heterocycles. The third-order valence-corrected chi connectivity index (χ3v) is 6.15. The van der Waals surface area contributed by atoms with E-state index in [2.05, 4.69) is 10.2 Å². The monoisotopic (exact) mass is 412 g/mol. The van der Waals surface area contributed by atoms with Crippen LogP contribution in [0.15, 0.2) is 83.7 Å². The standard InChI is InChI=1S/C24H16N2O3S/c27-17-10-11-18-20(12-17)30-24(23(29)16-4-2-1-3-5-16)22(18)15-8-6-14(7-9-15)19-13-21(28)26-25-19/h1-13,27H,(H2,25,26,28). The second-order valence-electron chi connectivity index (χ2n) is 6.93. The number of carbonyl (C=O) groups is 1. The molecule has 0 radical (unpaired) electrons. The maximum atomic E-state index is 13.3. The Labute approximate surface area is 175 Å². The van der Waals surface area contributed by atoms with E-state index in [0.29, 0.717) is 16.1 Å². The van der Waals surface area contributed by atoms with Crippen molar-refractivity contribution < 1.29 is 9.90 Å². The minimum atomic E-state index is -0.187. The molecular weight excluding hydrogens is 396 g/mol. The highest BCUT2D eigenvalue weighted by Gasteiger charge is 2.21. The molecule has 0 saturated carbocycles. The Kier molecular flexibility index (Phi) is 4.34. The molecule has 0 fully saturated rings. The zero-order valence-electron chi connectivity index (χ0n) is 15.7. The molecule has 5 nitrogen and oxygen atoms in total. The van der Waals surface area contributed by atoms with E-state index in [-0.39, 0.29) is 17.1 Å². The number of thiophene rings is 1. The first-order valence-corrected chi connectivity index (χ1v) is 10.2. The number of aromatic hydroxyl groups is 1. The molecule has 3 aromatic carbocycles. The summed E-state index contributed by atoms with van der Waals surface area (Å²) in [5.41, 5.74) is 3.74. The lowest BCUT2D eigenvalue weighted by Crippen LogP contribution is -2.00. The molecule has 0 aliphatic carbocycles. The average Bonchev–Trinajstić information content (AvgIpc) is 3.37. The molecule has 0 aliphatic heterocycles. The van der Waals surface area contributed by atoms with Crippen LogP contribution in [0.1, 0.15) is 15.2 Å². The van der Waals surface area contributed by atoms with E-state index in [1.165, 1.54) is 17.4 Å². The van der Waals surface area contributed by atoms with Crippen LogP contribution >= 0.6 is 11.3 Å². The van der Waals surface area contributed by atoms with Crippen LogP contribution in [-0.4, -0.2) is 21.1 Å². The summed E-state index contributed by atoms with van der Waals surface area (Å²) in [7, 11) is 0. The van der Waals surface area contributed by atoms with Gasteiger partial charge in [-0.05, 0) is 29.3 Å². The van der Waals surface area contributed by atoms with Crippen molar-refractivity contribution in [2.75, 3.05) is 0 Å². The van der Waals surface area contributed by atoms with Crippen molar-refractivity contribution in [3.63, 3.8) is 0 Å². The maximum Gasteiger partial charge on any atom is 0.264 e. The van der Waals surface area contributed by atoms with Crippen LogP contribution in [0, 0.1) is 0 Å². The minimum Gasteiger partial charge on any atom is -0.508 e. The zero-order valence-corrected chi connectivity index (χ0v) is 16.5. The van der Waals surface area contributed by atoms with E-state index >= 15 is 0 Å². The molecule has 6 heteroatoms. The van der Waals surface area contributed by atoms with Gasteiger partial charge in [0.25, 0.3) is 5.56 Å². The summed E-state index contributed by atoms with van der Waals surface area (Å²) in [4.78, 5) is 25.3. The number of hydrogen-bond donors (Lipinski definition) is 3. The molecule has 0 bridgehead atoms. The molecule has 3 N–H and O–H groups in total. The smallest absolute Gasteiger partial charge is 0.264 e. The Morgan fingerprint density at radius 2 is 1.57 bits per heavy atom. The highest BCUT2D eigenvalue weighted by molar-refractivity contribution is 7.21. The number of fused-ring (bicyclic) bond motifs is 1. The third kappa shape index (κ3) is 3.13. The summed E-state index contributed by atoms with van der Waals surface area (Å²) in [5.74, 6) is 0.117. The first-order valence-electron chi connectivity index (χ1n) is 9.34. The van der Waals surface area contributed by atoms with Crippen LogP contribution < -0.4 is 5.56 Å². The number of H-pyrrole nitrogens is 2. The van der Waals surface area contributed by atoms with Gasteiger partial charge in [0.15, 0.2) is 0 Å². The van der Waals surface area contributed by atoms with E-state index in [1.807, 2.05) is 48.5 Å². The van der Waals surface area contributed by atoms with Crippen molar-refractivity contribution in [1.82, 2.24) is 10.2 Å². The fourth-order valence-electron chi connectivity index (χ4n) is 3.56. The molecule has 0 saturated heterocycles. The number of phenolic OH excluding ortho intramolecular Hbond substituents is 1. The second-order valence-corrected chi connectivity index (χ2v) is 7.98. The molecule has 0 unspecified atom stereocenters. The zero-order chi connectivity index (χ0) is 20.7. The summed E-state index contributed by atoms with van der Waals surface area (Å²) in [5, 5.41) is 16.2. The number of hydrogen-bond acceptors (Lipinski definition) is 4. The van der Waals surface area contributed by atoms with Gasteiger partial charge in [0, 0.05) is 27.3 Å². The van der Waals surface area contributed by atoms with E-state index in [9.17, 15) is 14.7 Å². The van der Waals surface area contributed by atoms with Gasteiger partial charge in [-0.3, -0.25) is 19.8 Å². The lowest BCUT2D eigenvalue weighted by molar-refractivity contribution is 0.104.